The molecule has 0 aliphatic carbocycles. The van der Waals surface area contributed by atoms with Crippen LogP contribution in [0.4, 0.5) is 0 Å². The first-order valence-corrected chi connectivity index (χ1v) is 9.60. The molecule has 0 spiro atoms. The van der Waals surface area contributed by atoms with Gasteiger partial charge in [-0.1, -0.05) is 74.3 Å². The molecule has 3 heteroatoms. The van der Waals surface area contributed by atoms with Crippen LogP contribution >= 0.6 is 31.9 Å². The first-order chi connectivity index (χ1) is 12.2. The summed E-state index contributed by atoms with van der Waals surface area (Å²) in [5, 5.41) is 0. The molecule has 0 aliphatic rings. The zero-order valence-corrected chi connectivity index (χ0v) is 16.5. The molecule has 122 valence electrons. The molecule has 0 amide bonds. The van der Waals surface area contributed by atoms with Crippen molar-refractivity contribution in [2.75, 3.05) is 0 Å². The molecule has 0 fully saturated rings. The summed E-state index contributed by atoms with van der Waals surface area (Å²) in [5.74, 6) is 0. The van der Waals surface area contributed by atoms with Gasteiger partial charge in [0.2, 0.25) is 0 Å². The van der Waals surface area contributed by atoms with Gasteiger partial charge >= 0.3 is 0 Å². The Morgan fingerprint density at radius 2 is 0.920 bits per heavy atom. The topological polar surface area (TPSA) is 4.93 Å². The Labute approximate surface area is 164 Å². The lowest BCUT2D eigenvalue weighted by Gasteiger charge is -2.14. The molecule has 0 atom stereocenters. The van der Waals surface area contributed by atoms with Crippen LogP contribution < -0.4 is 0 Å². The highest BCUT2D eigenvalue weighted by atomic mass is 79.9. The van der Waals surface area contributed by atoms with E-state index in [2.05, 4.69) is 121 Å². The molecule has 1 aromatic heterocycles. The fourth-order valence-electron chi connectivity index (χ4n) is 2.98. The molecule has 0 N–H and O–H groups in total. The second kappa shape index (κ2) is 7.03. The summed E-state index contributed by atoms with van der Waals surface area (Å²) >= 11 is 7.04. The van der Waals surface area contributed by atoms with Crippen molar-refractivity contribution in [3.63, 3.8) is 0 Å². The molecule has 0 saturated heterocycles. The van der Waals surface area contributed by atoms with Crippen molar-refractivity contribution in [3.8, 4) is 28.2 Å². The Hall–Kier alpha value is -2.10. The molecule has 0 aliphatic heterocycles. The zero-order valence-electron chi connectivity index (χ0n) is 13.4. The fraction of sp³-hybridized carbons (Fsp3) is 0. The number of para-hydroxylation sites is 1. The number of nitrogens with zero attached hydrogens (tertiary/aromatic N) is 1. The SMILES string of the molecule is Brc1ccc(-c2ccc(-c3ccc(Br)cc3)n2-c2ccccc2)cc1. The summed E-state index contributed by atoms with van der Waals surface area (Å²) in [5.41, 5.74) is 5.89. The van der Waals surface area contributed by atoms with E-state index in [1.54, 1.807) is 0 Å². The quantitative estimate of drug-likeness (QED) is 0.306. The van der Waals surface area contributed by atoms with Crippen LogP contribution in [0.5, 0.6) is 0 Å². The normalized spacial score (nSPS) is 10.8. The highest BCUT2D eigenvalue weighted by Crippen LogP contribution is 2.33. The van der Waals surface area contributed by atoms with Crippen LogP contribution in [0.2, 0.25) is 0 Å². The molecule has 0 unspecified atom stereocenters. The van der Waals surface area contributed by atoms with Crippen molar-refractivity contribution < 1.29 is 0 Å². The lowest BCUT2D eigenvalue weighted by Crippen LogP contribution is -1.99. The van der Waals surface area contributed by atoms with Crippen LogP contribution in [0.3, 0.4) is 0 Å². The molecule has 0 saturated carbocycles. The lowest BCUT2D eigenvalue weighted by molar-refractivity contribution is 1.09. The van der Waals surface area contributed by atoms with Gasteiger partial charge in [0.1, 0.15) is 0 Å². The van der Waals surface area contributed by atoms with Crippen LogP contribution in [0.15, 0.2) is 99.9 Å². The van der Waals surface area contributed by atoms with Crippen LogP contribution in [0.25, 0.3) is 28.2 Å². The third-order valence-corrected chi connectivity index (χ3v) is 5.23. The molecule has 0 bridgehead atoms. The van der Waals surface area contributed by atoms with E-state index in [1.165, 1.54) is 22.5 Å². The van der Waals surface area contributed by atoms with Gasteiger partial charge in [-0.05, 0) is 59.7 Å². The van der Waals surface area contributed by atoms with Crippen LogP contribution in [-0.2, 0) is 0 Å². The van der Waals surface area contributed by atoms with E-state index in [9.17, 15) is 0 Å². The largest absolute Gasteiger partial charge is 0.309 e. The van der Waals surface area contributed by atoms with Gasteiger partial charge in [-0.25, -0.2) is 0 Å². The highest BCUT2D eigenvalue weighted by Gasteiger charge is 2.13. The Balaban J connectivity index is 1.94. The molecule has 0 radical (unpaired) electrons. The van der Waals surface area contributed by atoms with Crippen molar-refractivity contribution in [3.05, 3.63) is 99.9 Å². The van der Waals surface area contributed by atoms with E-state index in [-0.39, 0.29) is 0 Å². The van der Waals surface area contributed by atoms with Crippen LogP contribution in [0, 0.1) is 0 Å². The minimum Gasteiger partial charge on any atom is -0.309 e. The molecule has 3 aromatic carbocycles. The molecule has 1 heterocycles. The lowest BCUT2D eigenvalue weighted by atomic mass is 10.1. The summed E-state index contributed by atoms with van der Waals surface area (Å²) in [6.45, 7) is 0. The van der Waals surface area contributed by atoms with E-state index in [0.29, 0.717) is 0 Å². The predicted molar refractivity (Wildman–Crippen MR) is 112 cm³/mol. The van der Waals surface area contributed by atoms with Crippen molar-refractivity contribution in [1.82, 2.24) is 4.57 Å². The van der Waals surface area contributed by atoms with Crippen LogP contribution in [0.1, 0.15) is 0 Å². The van der Waals surface area contributed by atoms with E-state index in [4.69, 9.17) is 0 Å². The number of hydrogen-bond donors (Lipinski definition) is 0. The fourth-order valence-corrected chi connectivity index (χ4v) is 3.51. The number of halogens is 2. The van der Waals surface area contributed by atoms with Gasteiger partial charge in [0, 0.05) is 14.6 Å². The second-order valence-corrected chi connectivity index (χ2v) is 7.62. The van der Waals surface area contributed by atoms with Gasteiger partial charge in [0.25, 0.3) is 0 Å². The maximum Gasteiger partial charge on any atom is 0.0535 e. The molecule has 25 heavy (non-hydrogen) atoms. The standard InChI is InChI=1S/C22H15Br2N/c23-18-10-6-16(7-11-18)21-14-15-22(17-8-12-19(24)13-9-17)25(21)20-4-2-1-3-5-20/h1-15H. The van der Waals surface area contributed by atoms with Gasteiger partial charge in [0.15, 0.2) is 0 Å². The molecular formula is C22H15Br2N. The zero-order chi connectivity index (χ0) is 17.2. The summed E-state index contributed by atoms with van der Waals surface area (Å²) < 4.78 is 4.48. The van der Waals surface area contributed by atoms with Crippen molar-refractivity contribution in [2.24, 2.45) is 0 Å². The smallest absolute Gasteiger partial charge is 0.0535 e. The van der Waals surface area contributed by atoms with E-state index >= 15 is 0 Å². The third-order valence-electron chi connectivity index (χ3n) is 4.18. The molecule has 4 rings (SSSR count). The summed E-state index contributed by atoms with van der Waals surface area (Å²) in [7, 11) is 0. The monoisotopic (exact) mass is 451 g/mol. The number of hydrogen-bond acceptors (Lipinski definition) is 0. The maximum atomic E-state index is 3.52. The van der Waals surface area contributed by atoms with Gasteiger partial charge in [0.05, 0.1) is 11.4 Å². The average Bonchev–Trinajstić information content (AvgIpc) is 3.09. The minimum atomic E-state index is 1.09. The van der Waals surface area contributed by atoms with Gasteiger partial charge in [-0.3, -0.25) is 0 Å². The first-order valence-electron chi connectivity index (χ1n) is 8.01. The van der Waals surface area contributed by atoms with Crippen molar-refractivity contribution in [1.29, 1.82) is 0 Å². The molecule has 1 nitrogen and oxygen atoms in total. The molecular weight excluding hydrogens is 438 g/mol. The maximum absolute atomic E-state index is 3.52. The highest BCUT2D eigenvalue weighted by molar-refractivity contribution is 9.10. The summed E-state index contributed by atoms with van der Waals surface area (Å²) in [6.07, 6.45) is 0. The van der Waals surface area contributed by atoms with E-state index in [1.807, 2.05) is 6.07 Å². The van der Waals surface area contributed by atoms with Gasteiger partial charge in [-0.15, -0.1) is 0 Å². The minimum absolute atomic E-state index is 1.09. The number of rotatable bonds is 3. The summed E-state index contributed by atoms with van der Waals surface area (Å²) in [4.78, 5) is 0. The summed E-state index contributed by atoms with van der Waals surface area (Å²) in [6, 6.07) is 31.8. The predicted octanol–water partition coefficient (Wildman–Crippen LogP) is 7.34. The Kier molecular flexibility index (Phi) is 4.60. The Morgan fingerprint density at radius 3 is 1.36 bits per heavy atom. The average molecular weight is 453 g/mol. The van der Waals surface area contributed by atoms with E-state index < -0.39 is 0 Å². The first kappa shape index (κ1) is 16.4. The second-order valence-electron chi connectivity index (χ2n) is 5.79. The van der Waals surface area contributed by atoms with Crippen molar-refractivity contribution >= 4 is 31.9 Å². The van der Waals surface area contributed by atoms with E-state index in [0.717, 1.165) is 14.6 Å². The van der Waals surface area contributed by atoms with Crippen molar-refractivity contribution in [2.45, 2.75) is 0 Å². The Bertz CT molecular complexity index is 922. The van der Waals surface area contributed by atoms with Crippen LogP contribution in [-0.4, -0.2) is 4.57 Å². The molecule has 4 aromatic rings. The van der Waals surface area contributed by atoms with Gasteiger partial charge in [-0.2, -0.15) is 0 Å². The third kappa shape index (κ3) is 3.35. The van der Waals surface area contributed by atoms with Gasteiger partial charge < -0.3 is 4.57 Å². The number of benzene rings is 3. The Morgan fingerprint density at radius 1 is 0.480 bits per heavy atom. The number of aromatic nitrogens is 1.